The van der Waals surface area contributed by atoms with Gasteiger partial charge in [0.25, 0.3) is 0 Å². The third-order valence-corrected chi connectivity index (χ3v) is 5.44. The van der Waals surface area contributed by atoms with Crippen LogP contribution >= 0.6 is 11.6 Å². The number of ether oxygens (including phenoxy) is 1. The first-order valence-electron chi connectivity index (χ1n) is 9.49. The van der Waals surface area contributed by atoms with E-state index in [1.807, 2.05) is 54.6 Å². The molecule has 0 radical (unpaired) electrons. The monoisotopic (exact) mass is 420 g/mol. The largest absolute Gasteiger partial charge is 0.489 e. The molecule has 1 atom stereocenters. The van der Waals surface area contributed by atoms with E-state index in [4.69, 9.17) is 20.8 Å². The van der Waals surface area contributed by atoms with Gasteiger partial charge in [-0.2, -0.15) is 0 Å². The summed E-state index contributed by atoms with van der Waals surface area (Å²) in [5.41, 5.74) is 2.50. The molecule has 0 N–H and O–H groups in total. The van der Waals surface area contributed by atoms with Gasteiger partial charge >= 0.3 is 5.76 Å². The molecule has 7 heteroatoms. The minimum Gasteiger partial charge on any atom is -0.489 e. The number of hydrogen-bond donors (Lipinski definition) is 0. The number of hydrogen-bond acceptors (Lipinski definition) is 4. The van der Waals surface area contributed by atoms with E-state index in [1.165, 1.54) is 4.57 Å². The highest BCUT2D eigenvalue weighted by atomic mass is 35.5. The second-order valence-corrected chi connectivity index (χ2v) is 7.47. The molecule has 5 rings (SSSR count). The van der Waals surface area contributed by atoms with Crippen LogP contribution in [0.4, 0.5) is 5.69 Å². The average molecular weight is 421 g/mol. The topological polar surface area (TPSA) is 64.7 Å². The van der Waals surface area contributed by atoms with E-state index in [0.29, 0.717) is 34.2 Å². The van der Waals surface area contributed by atoms with Gasteiger partial charge in [0.05, 0.1) is 17.2 Å². The van der Waals surface area contributed by atoms with Crippen LogP contribution < -0.4 is 15.4 Å². The van der Waals surface area contributed by atoms with Crippen molar-refractivity contribution >= 4 is 34.3 Å². The number of amides is 1. The summed E-state index contributed by atoms with van der Waals surface area (Å²) in [4.78, 5) is 27.6. The molecule has 0 bridgehead atoms. The number of anilines is 1. The molecule has 0 aliphatic carbocycles. The Labute approximate surface area is 176 Å². The highest BCUT2D eigenvalue weighted by molar-refractivity contribution is 6.31. The number of aromatic nitrogens is 1. The lowest BCUT2D eigenvalue weighted by atomic mass is 10.0. The van der Waals surface area contributed by atoms with Crippen molar-refractivity contribution < 1.29 is 13.9 Å². The smallest absolute Gasteiger partial charge is 0.420 e. The normalized spacial score (nSPS) is 15.6. The Morgan fingerprint density at radius 2 is 1.80 bits per heavy atom. The van der Waals surface area contributed by atoms with E-state index in [-0.39, 0.29) is 18.5 Å². The van der Waals surface area contributed by atoms with Crippen LogP contribution in [0.15, 0.2) is 82.0 Å². The summed E-state index contributed by atoms with van der Waals surface area (Å²) >= 11 is 5.99. The summed E-state index contributed by atoms with van der Waals surface area (Å²) in [6, 6.07) is 21.7. The second-order valence-electron chi connectivity index (χ2n) is 7.04. The number of carbonyl (C=O) groups is 1. The van der Waals surface area contributed by atoms with Crippen LogP contribution in [0.5, 0.6) is 5.75 Å². The second kappa shape index (κ2) is 7.39. The van der Waals surface area contributed by atoms with Crippen molar-refractivity contribution in [1.82, 2.24) is 4.57 Å². The van der Waals surface area contributed by atoms with E-state index in [2.05, 4.69) is 0 Å². The van der Waals surface area contributed by atoms with E-state index in [0.717, 1.165) is 5.56 Å². The lowest BCUT2D eigenvalue weighted by Crippen LogP contribution is -2.43. The predicted molar refractivity (Wildman–Crippen MR) is 114 cm³/mol. The Kier molecular flexibility index (Phi) is 4.56. The molecular formula is C23H17ClN2O4. The fourth-order valence-electron chi connectivity index (χ4n) is 3.82. The zero-order chi connectivity index (χ0) is 20.7. The van der Waals surface area contributed by atoms with Crippen LogP contribution in [-0.2, 0) is 11.3 Å². The summed E-state index contributed by atoms with van der Waals surface area (Å²) in [6.07, 6.45) is 0. The van der Waals surface area contributed by atoms with Gasteiger partial charge in [0.1, 0.15) is 18.9 Å². The number of carbonyl (C=O) groups excluding carboxylic acids is 1. The van der Waals surface area contributed by atoms with Gasteiger partial charge in [-0.15, -0.1) is 0 Å². The number of para-hydroxylation sites is 2. The Morgan fingerprint density at radius 1 is 1.03 bits per heavy atom. The Bertz CT molecular complexity index is 1300. The SMILES string of the molecule is O=C(Cn1c(=O)oc2cc(Cl)ccc21)N1c2ccccc2OC[C@@H]1c1ccccc1. The third kappa shape index (κ3) is 3.15. The Morgan fingerprint density at radius 3 is 2.63 bits per heavy atom. The van der Waals surface area contributed by atoms with Gasteiger partial charge in [-0.25, -0.2) is 4.79 Å². The van der Waals surface area contributed by atoms with Gasteiger partial charge in [-0.3, -0.25) is 14.3 Å². The van der Waals surface area contributed by atoms with Crippen LogP contribution in [0.2, 0.25) is 5.02 Å². The molecule has 6 nitrogen and oxygen atoms in total. The summed E-state index contributed by atoms with van der Waals surface area (Å²) in [5, 5.41) is 0.459. The first-order valence-corrected chi connectivity index (χ1v) is 9.87. The number of benzene rings is 3. The molecule has 0 saturated carbocycles. The van der Waals surface area contributed by atoms with Crippen molar-refractivity contribution in [3.63, 3.8) is 0 Å². The minimum absolute atomic E-state index is 0.162. The van der Waals surface area contributed by atoms with Crippen molar-refractivity contribution in [1.29, 1.82) is 0 Å². The molecule has 0 spiro atoms. The summed E-state index contributed by atoms with van der Waals surface area (Å²) in [5.74, 6) is -0.202. The van der Waals surface area contributed by atoms with Gasteiger partial charge in [0.2, 0.25) is 5.91 Å². The van der Waals surface area contributed by atoms with Gasteiger partial charge in [-0.1, -0.05) is 54.1 Å². The van der Waals surface area contributed by atoms with Crippen molar-refractivity contribution in [3.05, 3.63) is 93.9 Å². The lowest BCUT2D eigenvalue weighted by molar-refractivity contribution is -0.120. The third-order valence-electron chi connectivity index (χ3n) is 5.21. The number of halogens is 1. The molecule has 150 valence electrons. The summed E-state index contributed by atoms with van der Waals surface area (Å²) in [6.45, 7) is 0.161. The molecule has 1 aliphatic rings. The van der Waals surface area contributed by atoms with E-state index < -0.39 is 5.76 Å². The quantitative estimate of drug-likeness (QED) is 0.492. The Balaban J connectivity index is 1.57. The predicted octanol–water partition coefficient (Wildman–Crippen LogP) is 4.41. The number of fused-ring (bicyclic) bond motifs is 2. The molecule has 1 aromatic heterocycles. The number of rotatable bonds is 3. The van der Waals surface area contributed by atoms with Crippen LogP contribution in [0.1, 0.15) is 11.6 Å². The molecule has 1 aliphatic heterocycles. The summed E-state index contributed by atoms with van der Waals surface area (Å²) in [7, 11) is 0. The number of oxazole rings is 1. The maximum Gasteiger partial charge on any atom is 0.420 e. The van der Waals surface area contributed by atoms with Crippen molar-refractivity contribution in [2.75, 3.05) is 11.5 Å². The zero-order valence-electron chi connectivity index (χ0n) is 15.8. The molecule has 1 amide bonds. The fourth-order valence-corrected chi connectivity index (χ4v) is 3.98. The van der Waals surface area contributed by atoms with Gasteiger partial charge < -0.3 is 9.15 Å². The van der Waals surface area contributed by atoms with E-state index in [1.54, 1.807) is 23.1 Å². The maximum absolute atomic E-state index is 13.5. The van der Waals surface area contributed by atoms with Crippen LogP contribution in [0, 0.1) is 0 Å². The molecule has 2 heterocycles. The van der Waals surface area contributed by atoms with Crippen LogP contribution in [0.3, 0.4) is 0 Å². The molecule has 4 aromatic rings. The maximum atomic E-state index is 13.5. The van der Waals surface area contributed by atoms with Crippen molar-refractivity contribution in [2.24, 2.45) is 0 Å². The van der Waals surface area contributed by atoms with Gasteiger partial charge in [0, 0.05) is 11.1 Å². The molecule has 3 aromatic carbocycles. The zero-order valence-corrected chi connectivity index (χ0v) is 16.6. The highest BCUT2D eigenvalue weighted by Crippen LogP contribution is 2.39. The first kappa shape index (κ1) is 18.5. The van der Waals surface area contributed by atoms with Crippen molar-refractivity contribution in [2.45, 2.75) is 12.6 Å². The van der Waals surface area contributed by atoms with Crippen molar-refractivity contribution in [3.8, 4) is 5.75 Å². The van der Waals surface area contributed by atoms with Crippen LogP contribution in [0.25, 0.3) is 11.1 Å². The fraction of sp³-hybridized carbons (Fsp3) is 0.130. The molecule has 0 fully saturated rings. The first-order chi connectivity index (χ1) is 14.6. The molecular weight excluding hydrogens is 404 g/mol. The lowest BCUT2D eigenvalue weighted by Gasteiger charge is -2.37. The minimum atomic E-state index is -0.599. The van der Waals surface area contributed by atoms with Gasteiger partial charge in [0.15, 0.2) is 5.58 Å². The Hall–Kier alpha value is -3.51. The highest BCUT2D eigenvalue weighted by Gasteiger charge is 2.33. The van der Waals surface area contributed by atoms with E-state index in [9.17, 15) is 9.59 Å². The molecule has 30 heavy (non-hydrogen) atoms. The summed E-state index contributed by atoms with van der Waals surface area (Å²) < 4.78 is 12.5. The molecule has 0 unspecified atom stereocenters. The number of nitrogens with zero attached hydrogens (tertiary/aromatic N) is 2. The van der Waals surface area contributed by atoms with E-state index >= 15 is 0 Å². The van der Waals surface area contributed by atoms with Crippen LogP contribution in [-0.4, -0.2) is 17.1 Å². The average Bonchev–Trinajstić information content (AvgIpc) is 3.07. The standard InChI is InChI=1S/C23H17ClN2O4/c24-16-10-11-17-21(12-16)30-23(28)25(17)13-22(27)26-18-8-4-5-9-20(18)29-14-19(26)15-6-2-1-3-7-15/h1-12,19H,13-14H2/t19-/m1/s1. The molecule has 0 saturated heterocycles. The van der Waals surface area contributed by atoms with Gasteiger partial charge in [-0.05, 0) is 29.8 Å².